The Balaban J connectivity index is 0. The minimum Gasteiger partial charge on any atom is -0.399 e. The highest BCUT2D eigenvalue weighted by Gasteiger charge is 1.76. The topological polar surface area (TPSA) is 64.9 Å². The van der Waals surface area contributed by atoms with Crippen LogP contribution in [0.25, 0.3) is 0 Å². The molecule has 1 aromatic heterocycles. The molecule has 2 rings (SSSR count). The average molecular weight is 253 g/mol. The number of hydrogen-bond acceptors (Lipinski definition) is 4. The van der Waals surface area contributed by atoms with Gasteiger partial charge in [-0.25, -0.2) is 4.98 Å². The zero-order valence-corrected chi connectivity index (χ0v) is 11.9. The molecule has 3 nitrogen and oxygen atoms in total. The first kappa shape index (κ1) is 17.8. The summed E-state index contributed by atoms with van der Waals surface area (Å²) in [5, 5.41) is 2.48. The summed E-state index contributed by atoms with van der Waals surface area (Å²) < 4.78 is 0. The molecule has 2 aromatic rings. The van der Waals surface area contributed by atoms with Crippen LogP contribution in [0.4, 0.5) is 10.8 Å². The first-order chi connectivity index (χ1) is 8.29. The van der Waals surface area contributed by atoms with E-state index in [9.17, 15) is 0 Å². The van der Waals surface area contributed by atoms with Crippen LogP contribution in [0.1, 0.15) is 27.7 Å². The quantitative estimate of drug-likeness (QED) is 0.696. The highest BCUT2D eigenvalue weighted by molar-refractivity contribution is 7.13. The molecule has 17 heavy (non-hydrogen) atoms. The predicted molar refractivity (Wildman–Crippen MR) is 80.1 cm³/mol. The Bertz CT molecular complexity index is 320. The molecule has 0 unspecified atom stereocenters. The van der Waals surface area contributed by atoms with Crippen molar-refractivity contribution in [3.05, 3.63) is 41.9 Å². The summed E-state index contributed by atoms with van der Waals surface area (Å²) in [5.41, 5.74) is 11.4. The van der Waals surface area contributed by atoms with Gasteiger partial charge in [0.2, 0.25) is 0 Å². The van der Waals surface area contributed by atoms with Crippen LogP contribution in [0.5, 0.6) is 0 Å². The van der Waals surface area contributed by atoms with Crippen LogP contribution in [0.15, 0.2) is 41.9 Å². The van der Waals surface area contributed by atoms with Gasteiger partial charge in [-0.2, -0.15) is 0 Å². The van der Waals surface area contributed by atoms with Crippen LogP contribution in [-0.2, 0) is 0 Å². The number of hydrogen-bond donors (Lipinski definition) is 2. The Labute approximate surface area is 109 Å². The zero-order valence-electron chi connectivity index (χ0n) is 11.1. The van der Waals surface area contributed by atoms with E-state index in [1.165, 1.54) is 11.3 Å². The number of rotatable bonds is 0. The Morgan fingerprint density at radius 3 is 1.65 bits per heavy atom. The lowest BCUT2D eigenvalue weighted by Gasteiger charge is -1.83. The first-order valence-electron chi connectivity index (χ1n) is 5.74. The van der Waals surface area contributed by atoms with E-state index in [4.69, 9.17) is 11.5 Å². The molecule has 4 heteroatoms. The molecule has 96 valence electrons. The standard InChI is InChI=1S/C6H7N.C3H4N2S.2C2H6/c7-6-4-2-1-3-5-6;4-3-5-1-2-6-3;2*1-2/h1-5H,7H2;1-2H,(H2,4,5);2*1-2H3. The molecule has 0 spiro atoms. The fourth-order valence-electron chi connectivity index (χ4n) is 0.688. The van der Waals surface area contributed by atoms with Crippen LogP contribution in [0.2, 0.25) is 0 Å². The number of aromatic nitrogens is 1. The molecule has 0 aliphatic carbocycles. The van der Waals surface area contributed by atoms with Gasteiger partial charge >= 0.3 is 0 Å². The van der Waals surface area contributed by atoms with E-state index < -0.39 is 0 Å². The van der Waals surface area contributed by atoms with E-state index in [1.54, 1.807) is 6.20 Å². The maximum absolute atomic E-state index is 5.36. The molecule has 0 fully saturated rings. The summed E-state index contributed by atoms with van der Waals surface area (Å²) >= 11 is 1.44. The summed E-state index contributed by atoms with van der Waals surface area (Å²) in [7, 11) is 0. The number of anilines is 2. The van der Waals surface area contributed by atoms with Gasteiger partial charge in [-0.15, -0.1) is 11.3 Å². The number of nitrogens with two attached hydrogens (primary N) is 2. The van der Waals surface area contributed by atoms with Crippen molar-refractivity contribution < 1.29 is 0 Å². The Hall–Kier alpha value is -1.55. The summed E-state index contributed by atoms with van der Waals surface area (Å²) in [6.07, 6.45) is 1.68. The molecule has 0 amide bonds. The van der Waals surface area contributed by atoms with Gasteiger partial charge in [-0.05, 0) is 12.1 Å². The normalized spacial score (nSPS) is 7.29. The third kappa shape index (κ3) is 12.4. The summed E-state index contributed by atoms with van der Waals surface area (Å²) in [4.78, 5) is 3.71. The van der Waals surface area contributed by atoms with Crippen molar-refractivity contribution in [3.8, 4) is 0 Å². The van der Waals surface area contributed by atoms with E-state index in [2.05, 4.69) is 4.98 Å². The number of nitrogen functional groups attached to an aromatic ring is 2. The van der Waals surface area contributed by atoms with Crippen molar-refractivity contribution in [1.82, 2.24) is 4.98 Å². The van der Waals surface area contributed by atoms with Crippen LogP contribution in [0.3, 0.4) is 0 Å². The maximum atomic E-state index is 5.36. The van der Waals surface area contributed by atoms with Gasteiger partial charge < -0.3 is 11.5 Å². The molecule has 0 bridgehead atoms. The smallest absolute Gasteiger partial charge is 0.179 e. The fraction of sp³-hybridized carbons (Fsp3) is 0.308. The van der Waals surface area contributed by atoms with Crippen molar-refractivity contribution in [2.24, 2.45) is 0 Å². The van der Waals surface area contributed by atoms with Crippen molar-refractivity contribution in [2.75, 3.05) is 11.5 Å². The van der Waals surface area contributed by atoms with Gasteiger partial charge in [0.05, 0.1) is 0 Å². The van der Waals surface area contributed by atoms with E-state index in [0.717, 1.165) is 5.69 Å². The van der Waals surface area contributed by atoms with Crippen molar-refractivity contribution in [1.29, 1.82) is 0 Å². The van der Waals surface area contributed by atoms with Gasteiger partial charge in [0.1, 0.15) is 0 Å². The van der Waals surface area contributed by atoms with Gasteiger partial charge in [0.25, 0.3) is 0 Å². The second-order valence-electron chi connectivity index (χ2n) is 2.28. The van der Waals surface area contributed by atoms with E-state index in [1.807, 2.05) is 63.4 Å². The second-order valence-corrected chi connectivity index (χ2v) is 3.21. The molecular weight excluding hydrogens is 230 g/mol. The molecule has 1 aromatic carbocycles. The number of nitrogens with zero attached hydrogens (tertiary/aromatic N) is 1. The largest absolute Gasteiger partial charge is 0.399 e. The van der Waals surface area contributed by atoms with Crippen molar-refractivity contribution >= 4 is 22.2 Å². The molecule has 0 saturated heterocycles. The van der Waals surface area contributed by atoms with Crippen LogP contribution >= 0.6 is 11.3 Å². The minimum atomic E-state index is 0.634. The molecular formula is C13H23N3S. The molecule has 1 heterocycles. The number of thiazole rings is 1. The molecule has 0 atom stereocenters. The molecule has 0 aliphatic heterocycles. The lowest BCUT2D eigenvalue weighted by molar-refractivity contribution is 1.43. The van der Waals surface area contributed by atoms with Gasteiger partial charge in [-0.1, -0.05) is 45.9 Å². The Morgan fingerprint density at radius 2 is 1.47 bits per heavy atom. The van der Waals surface area contributed by atoms with Gasteiger partial charge in [-0.3, -0.25) is 0 Å². The van der Waals surface area contributed by atoms with Crippen LogP contribution < -0.4 is 11.5 Å². The van der Waals surface area contributed by atoms with Gasteiger partial charge in [0.15, 0.2) is 5.13 Å². The van der Waals surface area contributed by atoms with E-state index in [0.29, 0.717) is 5.13 Å². The molecule has 0 aliphatic rings. The summed E-state index contributed by atoms with van der Waals surface area (Å²) in [6, 6.07) is 9.49. The SMILES string of the molecule is CC.CC.Nc1ccccc1.Nc1nccs1. The van der Waals surface area contributed by atoms with Gasteiger partial charge in [0, 0.05) is 17.3 Å². The van der Waals surface area contributed by atoms with Crippen molar-refractivity contribution in [3.63, 3.8) is 0 Å². The lowest BCUT2D eigenvalue weighted by atomic mass is 10.3. The summed E-state index contributed by atoms with van der Waals surface area (Å²) in [5.74, 6) is 0. The minimum absolute atomic E-state index is 0.634. The maximum Gasteiger partial charge on any atom is 0.179 e. The fourth-order valence-corrected chi connectivity index (χ4v) is 1.07. The zero-order chi connectivity index (χ0) is 13.5. The molecule has 4 N–H and O–H groups in total. The van der Waals surface area contributed by atoms with Crippen molar-refractivity contribution in [2.45, 2.75) is 27.7 Å². The third-order valence-corrected chi connectivity index (χ3v) is 1.86. The van der Waals surface area contributed by atoms with E-state index >= 15 is 0 Å². The Morgan fingerprint density at radius 1 is 0.941 bits per heavy atom. The molecule has 0 radical (unpaired) electrons. The number of benzene rings is 1. The first-order valence-corrected chi connectivity index (χ1v) is 6.62. The highest BCUT2D eigenvalue weighted by atomic mass is 32.1. The summed E-state index contributed by atoms with van der Waals surface area (Å²) in [6.45, 7) is 8.00. The highest BCUT2D eigenvalue weighted by Crippen LogP contribution is 2.02. The number of para-hydroxylation sites is 1. The lowest BCUT2D eigenvalue weighted by Crippen LogP contribution is -1.79. The second kappa shape index (κ2) is 14.5. The monoisotopic (exact) mass is 253 g/mol. The Kier molecular flexibility index (Phi) is 15.2. The third-order valence-electron chi connectivity index (χ3n) is 1.25. The van der Waals surface area contributed by atoms with Crippen LogP contribution in [0, 0.1) is 0 Å². The van der Waals surface area contributed by atoms with E-state index in [-0.39, 0.29) is 0 Å². The molecule has 0 saturated carbocycles. The van der Waals surface area contributed by atoms with Crippen LogP contribution in [-0.4, -0.2) is 4.98 Å². The average Bonchev–Trinajstić information content (AvgIpc) is 2.87. The predicted octanol–water partition coefficient (Wildman–Crippen LogP) is 4.05.